The molecule has 0 bridgehead atoms. The minimum atomic E-state index is -0.147. The van der Waals surface area contributed by atoms with Crippen molar-refractivity contribution < 1.29 is 4.39 Å². The molecule has 0 radical (unpaired) electrons. The number of aryl methyl sites for hydroxylation is 1. The summed E-state index contributed by atoms with van der Waals surface area (Å²) in [7, 11) is 0. The van der Waals surface area contributed by atoms with Crippen LogP contribution in [0.5, 0.6) is 0 Å². The van der Waals surface area contributed by atoms with Crippen molar-refractivity contribution in [1.82, 2.24) is 10.2 Å². The van der Waals surface area contributed by atoms with Gasteiger partial charge in [-0.05, 0) is 44.0 Å². The molecule has 0 amide bonds. The van der Waals surface area contributed by atoms with Crippen LogP contribution in [0, 0.1) is 12.7 Å². The molecule has 0 atom stereocenters. The van der Waals surface area contributed by atoms with Gasteiger partial charge in [-0.3, -0.25) is 4.90 Å². The van der Waals surface area contributed by atoms with Gasteiger partial charge >= 0.3 is 0 Å². The van der Waals surface area contributed by atoms with Gasteiger partial charge in [-0.2, -0.15) is 0 Å². The molecule has 2 rings (SSSR count). The van der Waals surface area contributed by atoms with Gasteiger partial charge in [0.05, 0.1) is 0 Å². The normalized spacial score (nSPS) is 20.5. The van der Waals surface area contributed by atoms with Gasteiger partial charge in [0.2, 0.25) is 0 Å². The van der Waals surface area contributed by atoms with Gasteiger partial charge in [0.15, 0.2) is 0 Å². The average molecular weight is 236 g/mol. The molecule has 3 heteroatoms. The molecule has 0 unspecified atom stereocenters. The highest BCUT2D eigenvalue weighted by molar-refractivity contribution is 5.26. The Morgan fingerprint density at radius 2 is 2.18 bits per heavy atom. The zero-order valence-corrected chi connectivity index (χ0v) is 10.9. The van der Waals surface area contributed by atoms with Crippen LogP contribution < -0.4 is 5.32 Å². The third-order valence-electron chi connectivity index (χ3n) is 3.64. The predicted octanol–water partition coefficient (Wildman–Crippen LogP) is 2.32. The van der Waals surface area contributed by atoms with Crippen molar-refractivity contribution in [1.29, 1.82) is 0 Å². The van der Waals surface area contributed by atoms with Crippen LogP contribution in [0.1, 0.15) is 25.0 Å². The Morgan fingerprint density at radius 1 is 1.41 bits per heavy atom. The molecule has 1 aliphatic heterocycles. The lowest BCUT2D eigenvalue weighted by Crippen LogP contribution is -2.57. The van der Waals surface area contributed by atoms with E-state index in [0.717, 1.165) is 31.7 Å². The van der Waals surface area contributed by atoms with Crippen molar-refractivity contribution in [2.75, 3.05) is 19.6 Å². The van der Waals surface area contributed by atoms with Crippen LogP contribution in [0.2, 0.25) is 0 Å². The van der Waals surface area contributed by atoms with Gasteiger partial charge in [-0.25, -0.2) is 4.39 Å². The molecule has 1 N–H and O–H groups in total. The van der Waals surface area contributed by atoms with E-state index in [2.05, 4.69) is 24.1 Å². The molecule has 0 aromatic heterocycles. The van der Waals surface area contributed by atoms with Gasteiger partial charge in [-0.15, -0.1) is 0 Å². The maximum Gasteiger partial charge on any atom is 0.123 e. The molecular formula is C14H21FN2. The van der Waals surface area contributed by atoms with E-state index in [4.69, 9.17) is 0 Å². The van der Waals surface area contributed by atoms with Crippen molar-refractivity contribution in [3.8, 4) is 0 Å². The Labute approximate surface area is 103 Å². The van der Waals surface area contributed by atoms with E-state index in [-0.39, 0.29) is 11.4 Å². The highest BCUT2D eigenvalue weighted by Crippen LogP contribution is 2.21. The summed E-state index contributed by atoms with van der Waals surface area (Å²) in [5, 5.41) is 3.41. The summed E-state index contributed by atoms with van der Waals surface area (Å²) in [5.41, 5.74) is 2.43. The fourth-order valence-electron chi connectivity index (χ4n) is 2.36. The van der Waals surface area contributed by atoms with Crippen molar-refractivity contribution in [3.63, 3.8) is 0 Å². The molecule has 17 heavy (non-hydrogen) atoms. The molecule has 1 aromatic carbocycles. The topological polar surface area (TPSA) is 15.3 Å². The summed E-state index contributed by atoms with van der Waals surface area (Å²) in [6.45, 7) is 10.5. The van der Waals surface area contributed by atoms with E-state index < -0.39 is 0 Å². The number of nitrogens with one attached hydrogen (secondary N) is 1. The van der Waals surface area contributed by atoms with Crippen LogP contribution in [-0.2, 0) is 6.54 Å². The van der Waals surface area contributed by atoms with E-state index in [1.165, 1.54) is 5.56 Å². The van der Waals surface area contributed by atoms with Crippen LogP contribution in [-0.4, -0.2) is 30.1 Å². The lowest BCUT2D eigenvalue weighted by Gasteiger charge is -2.43. The van der Waals surface area contributed by atoms with Crippen LogP contribution in [0.15, 0.2) is 18.2 Å². The highest BCUT2D eigenvalue weighted by Gasteiger charge is 2.29. The van der Waals surface area contributed by atoms with E-state index >= 15 is 0 Å². The predicted molar refractivity (Wildman–Crippen MR) is 68.5 cm³/mol. The Balaban J connectivity index is 2.14. The number of halogens is 1. The largest absolute Gasteiger partial charge is 0.314 e. The zero-order chi connectivity index (χ0) is 12.5. The molecule has 1 heterocycles. The van der Waals surface area contributed by atoms with Crippen molar-refractivity contribution >= 4 is 0 Å². The third kappa shape index (κ3) is 2.85. The summed E-state index contributed by atoms with van der Waals surface area (Å²) in [6.07, 6.45) is 0. The molecule has 1 aliphatic rings. The number of hydrogen-bond donors (Lipinski definition) is 1. The zero-order valence-electron chi connectivity index (χ0n) is 10.9. The third-order valence-corrected chi connectivity index (χ3v) is 3.64. The molecule has 1 saturated heterocycles. The van der Waals surface area contributed by atoms with Crippen LogP contribution in [0.25, 0.3) is 0 Å². The summed E-state index contributed by atoms with van der Waals surface area (Å²) in [5.74, 6) is -0.147. The number of rotatable bonds is 2. The fourth-order valence-corrected chi connectivity index (χ4v) is 2.36. The van der Waals surface area contributed by atoms with Gasteiger partial charge < -0.3 is 5.32 Å². The quantitative estimate of drug-likeness (QED) is 0.847. The first-order chi connectivity index (χ1) is 7.99. The second-order valence-electron chi connectivity index (χ2n) is 5.48. The van der Waals surface area contributed by atoms with Gasteiger partial charge in [0.25, 0.3) is 0 Å². The summed E-state index contributed by atoms with van der Waals surface area (Å²) < 4.78 is 13.1. The van der Waals surface area contributed by atoms with Crippen molar-refractivity contribution in [2.24, 2.45) is 0 Å². The van der Waals surface area contributed by atoms with Gasteiger partial charge in [-0.1, -0.05) is 6.07 Å². The SMILES string of the molecule is Cc1cc(F)ccc1CN1CCNCC1(C)C. The molecule has 0 spiro atoms. The first kappa shape index (κ1) is 12.5. The summed E-state index contributed by atoms with van der Waals surface area (Å²) in [6, 6.07) is 5.07. The molecule has 1 aromatic rings. The first-order valence-electron chi connectivity index (χ1n) is 6.20. The molecule has 94 valence electrons. The van der Waals surface area contributed by atoms with E-state index in [0.29, 0.717) is 0 Å². The Kier molecular flexibility index (Phi) is 3.50. The van der Waals surface area contributed by atoms with Crippen molar-refractivity contribution in [2.45, 2.75) is 32.9 Å². The minimum absolute atomic E-state index is 0.147. The average Bonchev–Trinajstić information content (AvgIpc) is 2.24. The number of benzene rings is 1. The van der Waals surface area contributed by atoms with E-state index in [1.807, 2.05) is 13.0 Å². The Bertz CT molecular complexity index is 401. The number of nitrogens with zero attached hydrogens (tertiary/aromatic N) is 1. The fraction of sp³-hybridized carbons (Fsp3) is 0.571. The maximum atomic E-state index is 13.1. The standard InChI is InChI=1S/C14H21FN2/c1-11-8-13(15)5-4-12(11)9-17-7-6-16-10-14(17,2)3/h4-5,8,16H,6-7,9-10H2,1-3H3. The lowest BCUT2D eigenvalue weighted by molar-refractivity contribution is 0.0825. The van der Waals surface area contributed by atoms with Gasteiger partial charge in [0.1, 0.15) is 5.82 Å². The first-order valence-corrected chi connectivity index (χ1v) is 6.20. The smallest absolute Gasteiger partial charge is 0.123 e. The molecule has 2 nitrogen and oxygen atoms in total. The minimum Gasteiger partial charge on any atom is -0.314 e. The monoisotopic (exact) mass is 236 g/mol. The molecule has 0 aliphatic carbocycles. The second-order valence-corrected chi connectivity index (χ2v) is 5.48. The molecular weight excluding hydrogens is 215 g/mol. The van der Waals surface area contributed by atoms with Crippen LogP contribution >= 0.6 is 0 Å². The maximum absolute atomic E-state index is 13.1. The highest BCUT2D eigenvalue weighted by atomic mass is 19.1. The van der Waals surface area contributed by atoms with Gasteiger partial charge in [0, 0.05) is 31.7 Å². The van der Waals surface area contributed by atoms with Crippen LogP contribution in [0.3, 0.4) is 0 Å². The Hall–Kier alpha value is -0.930. The molecule has 0 saturated carbocycles. The number of piperazine rings is 1. The summed E-state index contributed by atoms with van der Waals surface area (Å²) in [4.78, 5) is 2.46. The number of hydrogen-bond acceptors (Lipinski definition) is 2. The second kappa shape index (κ2) is 4.75. The van der Waals surface area contributed by atoms with E-state index in [1.54, 1.807) is 12.1 Å². The summed E-state index contributed by atoms with van der Waals surface area (Å²) >= 11 is 0. The molecule has 1 fully saturated rings. The van der Waals surface area contributed by atoms with Crippen LogP contribution in [0.4, 0.5) is 4.39 Å². The van der Waals surface area contributed by atoms with E-state index in [9.17, 15) is 4.39 Å². The lowest BCUT2D eigenvalue weighted by atomic mass is 9.98. The van der Waals surface area contributed by atoms with Crippen molar-refractivity contribution in [3.05, 3.63) is 35.1 Å². The Morgan fingerprint density at radius 3 is 2.82 bits per heavy atom.